The number of nitrogens with zero attached hydrogens (tertiary/aromatic N) is 2. The smallest absolute Gasteiger partial charge is 0.304 e. The lowest BCUT2D eigenvalue weighted by Gasteiger charge is -2.13. The molecule has 3 N–H and O–H groups in total. The second-order valence-electron chi connectivity index (χ2n) is 7.01. The third kappa shape index (κ3) is 6.85. The number of amides is 1. The van der Waals surface area contributed by atoms with Gasteiger partial charge in [-0.05, 0) is 29.8 Å². The first kappa shape index (κ1) is 24.4. The van der Waals surface area contributed by atoms with Gasteiger partial charge in [0.1, 0.15) is 11.5 Å². The van der Waals surface area contributed by atoms with Crippen molar-refractivity contribution >= 4 is 23.3 Å². The number of rotatable bonds is 12. The van der Waals surface area contributed by atoms with Gasteiger partial charge in [0.15, 0.2) is 11.5 Å². The molecular formula is C23H27ClN4O5. The number of carbonyl (C=O) groups excluding carboxylic acids is 1. The van der Waals surface area contributed by atoms with Crippen molar-refractivity contribution in [3.05, 3.63) is 64.8 Å². The van der Waals surface area contributed by atoms with Gasteiger partial charge in [-0.25, -0.2) is 0 Å². The molecule has 0 aliphatic carbocycles. The summed E-state index contributed by atoms with van der Waals surface area (Å²) in [4.78, 5) is 17.6. The second-order valence-corrected chi connectivity index (χ2v) is 7.45. The largest absolute Gasteiger partial charge is 0.508 e. The highest BCUT2D eigenvalue weighted by Gasteiger charge is 2.24. The fourth-order valence-corrected chi connectivity index (χ4v) is 3.18. The molecule has 0 spiro atoms. The van der Waals surface area contributed by atoms with Gasteiger partial charge in [0.2, 0.25) is 0 Å². The van der Waals surface area contributed by atoms with Gasteiger partial charge in [-0.1, -0.05) is 29.8 Å². The quantitative estimate of drug-likeness (QED) is 0.345. The number of ether oxygens (including phenoxy) is 3. The van der Waals surface area contributed by atoms with E-state index in [1.807, 2.05) is 12.1 Å². The first-order valence-electron chi connectivity index (χ1n) is 10.4. The number of anilines is 1. The Hall–Kier alpha value is -3.27. The number of carbonyl (C=O) groups is 1. The molecule has 33 heavy (non-hydrogen) atoms. The van der Waals surface area contributed by atoms with Gasteiger partial charge >= 0.3 is 6.01 Å². The van der Waals surface area contributed by atoms with E-state index in [9.17, 15) is 9.90 Å². The molecule has 176 valence electrons. The molecule has 1 aromatic heterocycles. The maximum Gasteiger partial charge on any atom is 0.304 e. The molecular weight excluding hydrogens is 448 g/mol. The summed E-state index contributed by atoms with van der Waals surface area (Å²) in [6.45, 7) is 1.92. The molecule has 1 heterocycles. The van der Waals surface area contributed by atoms with Crippen molar-refractivity contribution in [3.63, 3.8) is 0 Å². The summed E-state index contributed by atoms with van der Waals surface area (Å²) in [5, 5.41) is 16.2. The Bertz CT molecular complexity index is 1060. The lowest BCUT2D eigenvalue weighted by Crippen LogP contribution is -2.30. The number of phenolic OH excluding ortho intramolecular Hbond substituents is 1. The number of aromatic nitrogens is 2. The van der Waals surface area contributed by atoms with Crippen molar-refractivity contribution in [1.82, 2.24) is 14.9 Å². The van der Waals surface area contributed by atoms with Gasteiger partial charge in [-0.15, -0.1) is 0 Å². The van der Waals surface area contributed by atoms with Crippen LogP contribution in [0, 0.1) is 0 Å². The van der Waals surface area contributed by atoms with Crippen LogP contribution in [-0.2, 0) is 16.0 Å². The van der Waals surface area contributed by atoms with Crippen LogP contribution in [0.4, 0.5) is 5.82 Å². The van der Waals surface area contributed by atoms with Crippen molar-refractivity contribution in [1.29, 1.82) is 0 Å². The number of imidazole rings is 1. The van der Waals surface area contributed by atoms with Gasteiger partial charge < -0.3 is 30.0 Å². The van der Waals surface area contributed by atoms with Crippen LogP contribution >= 0.6 is 11.6 Å². The van der Waals surface area contributed by atoms with Gasteiger partial charge in [0, 0.05) is 31.8 Å². The van der Waals surface area contributed by atoms with E-state index in [4.69, 9.17) is 25.8 Å². The number of hydrogen-bond acceptors (Lipinski definition) is 7. The van der Waals surface area contributed by atoms with E-state index in [2.05, 4.69) is 15.6 Å². The predicted molar refractivity (Wildman–Crippen MR) is 126 cm³/mol. The summed E-state index contributed by atoms with van der Waals surface area (Å²) in [5.41, 5.74) is 1.21. The van der Waals surface area contributed by atoms with Gasteiger partial charge in [-0.3, -0.25) is 9.36 Å². The number of benzene rings is 2. The fourth-order valence-electron chi connectivity index (χ4n) is 3.05. The molecule has 0 unspecified atom stereocenters. The highest BCUT2D eigenvalue weighted by molar-refractivity contribution is 6.30. The van der Waals surface area contributed by atoms with Crippen LogP contribution in [0.5, 0.6) is 17.5 Å². The predicted octanol–water partition coefficient (Wildman–Crippen LogP) is 3.52. The number of methoxy groups -OCH3 is 1. The minimum absolute atomic E-state index is 0.0589. The van der Waals surface area contributed by atoms with E-state index in [1.54, 1.807) is 49.1 Å². The summed E-state index contributed by atoms with van der Waals surface area (Å²) in [6, 6.07) is 13.8. The number of nitrogens with one attached hydrogen (secondary N) is 2. The number of aromatic hydroxyl groups is 1. The molecule has 0 saturated heterocycles. The average molecular weight is 475 g/mol. The highest BCUT2D eigenvalue weighted by Crippen LogP contribution is 2.29. The zero-order valence-electron chi connectivity index (χ0n) is 18.5. The molecule has 3 rings (SSSR count). The van der Waals surface area contributed by atoms with E-state index in [1.165, 1.54) is 6.07 Å². The van der Waals surface area contributed by atoms with Crippen molar-refractivity contribution in [3.8, 4) is 17.5 Å². The van der Waals surface area contributed by atoms with Crippen LogP contribution < -0.4 is 15.4 Å². The molecule has 1 amide bonds. The highest BCUT2D eigenvalue weighted by atomic mass is 35.5. The molecule has 0 saturated carbocycles. The first-order valence-corrected chi connectivity index (χ1v) is 10.7. The SMILES string of the molecule is CNc1nc(Oc2cccc(O)c2)n(Cc2ccc(Cl)cc2)c1C(=O)NCCOCCOC. The van der Waals surface area contributed by atoms with Crippen LogP contribution in [0.1, 0.15) is 16.1 Å². The van der Waals surface area contributed by atoms with Crippen molar-refractivity contribution in [2.45, 2.75) is 6.54 Å². The molecule has 0 aliphatic heterocycles. The van der Waals surface area contributed by atoms with Crippen molar-refractivity contribution in [2.75, 3.05) is 45.8 Å². The number of phenols is 1. The summed E-state index contributed by atoms with van der Waals surface area (Å²) in [6.07, 6.45) is 0. The molecule has 0 radical (unpaired) electrons. The van der Waals surface area contributed by atoms with Crippen molar-refractivity contribution < 1.29 is 24.1 Å². The monoisotopic (exact) mass is 474 g/mol. The van der Waals surface area contributed by atoms with Crippen molar-refractivity contribution in [2.24, 2.45) is 0 Å². The van der Waals surface area contributed by atoms with Crippen LogP contribution in [0.15, 0.2) is 48.5 Å². The maximum absolute atomic E-state index is 13.1. The third-order valence-corrected chi connectivity index (χ3v) is 4.88. The van der Waals surface area contributed by atoms with Crippen LogP contribution in [0.2, 0.25) is 5.02 Å². The summed E-state index contributed by atoms with van der Waals surface area (Å²) in [7, 11) is 3.28. The van der Waals surface area contributed by atoms with Crippen LogP contribution in [0.3, 0.4) is 0 Å². The molecule has 0 atom stereocenters. The second kappa shape index (κ2) is 12.1. The molecule has 10 heteroatoms. The molecule has 3 aromatic rings. The normalized spacial score (nSPS) is 10.8. The summed E-state index contributed by atoms with van der Waals surface area (Å²) < 4.78 is 18.0. The van der Waals surface area contributed by atoms with Crippen LogP contribution in [-0.4, -0.2) is 61.1 Å². The Morgan fingerprint density at radius 1 is 1.15 bits per heavy atom. The minimum Gasteiger partial charge on any atom is -0.508 e. The Balaban J connectivity index is 1.88. The van der Waals surface area contributed by atoms with E-state index in [0.29, 0.717) is 55.2 Å². The number of hydrogen-bond donors (Lipinski definition) is 3. The zero-order chi connectivity index (χ0) is 23.6. The Morgan fingerprint density at radius 2 is 1.94 bits per heavy atom. The Labute approximate surface area is 197 Å². The van der Waals surface area contributed by atoms with E-state index >= 15 is 0 Å². The van der Waals surface area contributed by atoms with E-state index < -0.39 is 0 Å². The lowest BCUT2D eigenvalue weighted by molar-refractivity contribution is 0.0691. The lowest BCUT2D eigenvalue weighted by atomic mass is 10.2. The zero-order valence-corrected chi connectivity index (χ0v) is 19.3. The minimum atomic E-state index is -0.332. The summed E-state index contributed by atoms with van der Waals surface area (Å²) in [5.74, 6) is 0.473. The fraction of sp³-hybridized carbons (Fsp3) is 0.304. The molecule has 0 fully saturated rings. The van der Waals surface area contributed by atoms with Gasteiger partial charge in [-0.2, -0.15) is 4.98 Å². The topological polar surface area (TPSA) is 107 Å². The third-order valence-electron chi connectivity index (χ3n) is 4.63. The molecule has 2 aromatic carbocycles. The summed E-state index contributed by atoms with van der Waals surface area (Å²) >= 11 is 6.02. The molecule has 0 aliphatic rings. The first-order chi connectivity index (χ1) is 16.0. The van der Waals surface area contributed by atoms with E-state index in [-0.39, 0.29) is 17.7 Å². The Kier molecular flexibility index (Phi) is 8.94. The maximum atomic E-state index is 13.1. The molecule has 9 nitrogen and oxygen atoms in total. The van der Waals surface area contributed by atoms with Crippen LogP contribution in [0.25, 0.3) is 0 Å². The Morgan fingerprint density at radius 3 is 2.64 bits per heavy atom. The van der Waals surface area contributed by atoms with Gasteiger partial charge in [0.05, 0.1) is 26.4 Å². The van der Waals surface area contributed by atoms with E-state index in [0.717, 1.165) is 5.56 Å². The van der Waals surface area contributed by atoms with Gasteiger partial charge in [0.25, 0.3) is 5.91 Å². The standard InChI is InChI=1S/C23H27ClN4O5/c1-25-21-20(22(30)26-10-11-32-13-12-31-2)28(15-16-6-8-17(24)9-7-16)23(27-21)33-19-5-3-4-18(29)14-19/h3-9,14,25,29H,10-13,15H2,1-2H3,(H,26,30). The molecule has 0 bridgehead atoms. The average Bonchev–Trinajstić information content (AvgIpc) is 3.14. The number of halogens is 1.